The molecule has 0 aliphatic heterocycles. The zero-order chi connectivity index (χ0) is 9.02. The lowest BCUT2D eigenvalue weighted by molar-refractivity contribution is 0.730. The molecule has 0 N–H and O–H groups in total. The highest BCUT2D eigenvalue weighted by Gasteiger charge is 2.01. The average molecular weight is 154 g/mol. The molecule has 0 unspecified atom stereocenters. The molecule has 1 heterocycles. The van der Waals surface area contributed by atoms with Gasteiger partial charge in [0.15, 0.2) is 0 Å². The zero-order valence-corrected chi connectivity index (χ0v) is 8.39. The summed E-state index contributed by atoms with van der Waals surface area (Å²) in [6.07, 6.45) is 0. The van der Waals surface area contributed by atoms with E-state index in [0.29, 0.717) is 0 Å². The maximum absolute atomic E-state index is 4.23. The van der Waals surface area contributed by atoms with Gasteiger partial charge in [0.25, 0.3) is 0 Å². The van der Waals surface area contributed by atoms with E-state index in [9.17, 15) is 0 Å². The lowest BCUT2D eigenvalue weighted by Gasteiger charge is -1.90. The summed E-state index contributed by atoms with van der Waals surface area (Å²) in [5.74, 6) is 0. The van der Waals surface area contributed by atoms with Crippen LogP contribution in [0.1, 0.15) is 30.8 Å². The zero-order valence-electron chi connectivity index (χ0n) is 8.39. The van der Waals surface area contributed by atoms with Crippen LogP contribution in [0.15, 0.2) is 0 Å². The number of nitrogens with zero attached hydrogens (tertiary/aromatic N) is 2. The summed E-state index contributed by atoms with van der Waals surface area (Å²) in [5.41, 5.74) is 3.69. The number of rotatable bonds is 0. The Labute approximate surface area is 69.2 Å². The number of hydrogen-bond donors (Lipinski definition) is 0. The fourth-order valence-electron chi connectivity index (χ4n) is 0.880. The summed E-state index contributed by atoms with van der Waals surface area (Å²) in [4.78, 5) is 0. The maximum Gasteiger partial charge on any atom is 0.0625 e. The molecule has 1 aromatic heterocycles. The minimum Gasteiger partial charge on any atom is -0.272 e. The average Bonchev–Trinajstić information content (AvgIpc) is 2.22. The third-order valence-corrected chi connectivity index (χ3v) is 1.87. The van der Waals surface area contributed by atoms with E-state index in [-0.39, 0.29) is 0 Å². The summed E-state index contributed by atoms with van der Waals surface area (Å²) in [5, 5.41) is 4.23. The molecule has 64 valence electrons. The molecular weight excluding hydrogens is 136 g/mol. The van der Waals surface area contributed by atoms with E-state index >= 15 is 0 Å². The Morgan fingerprint density at radius 2 is 1.55 bits per heavy atom. The van der Waals surface area contributed by atoms with Crippen LogP contribution in [0, 0.1) is 20.8 Å². The predicted octanol–water partition coefficient (Wildman–Crippen LogP) is 2.37. The summed E-state index contributed by atoms with van der Waals surface area (Å²) < 4.78 is 1.91. The Morgan fingerprint density at radius 1 is 1.09 bits per heavy atom. The molecule has 0 radical (unpaired) electrons. The molecule has 0 atom stereocenters. The minimum absolute atomic E-state index is 1.13. The predicted molar refractivity (Wildman–Crippen MR) is 48.8 cm³/mol. The van der Waals surface area contributed by atoms with Crippen molar-refractivity contribution in [1.29, 1.82) is 0 Å². The van der Waals surface area contributed by atoms with Crippen molar-refractivity contribution in [3.8, 4) is 0 Å². The van der Waals surface area contributed by atoms with Gasteiger partial charge in [-0.1, -0.05) is 13.8 Å². The van der Waals surface area contributed by atoms with Crippen molar-refractivity contribution in [2.75, 3.05) is 0 Å². The van der Waals surface area contributed by atoms with Crippen LogP contribution in [0.5, 0.6) is 0 Å². The Kier molecular flexibility index (Phi) is 3.86. The first-order valence-corrected chi connectivity index (χ1v) is 4.09. The standard InChI is InChI=1S/C7H12N2.C2H6/c1-5-6(2)8-9(4)7(5)3;1-2/h1-4H3;1-2H3. The van der Waals surface area contributed by atoms with Crippen molar-refractivity contribution >= 4 is 0 Å². The van der Waals surface area contributed by atoms with Crippen molar-refractivity contribution in [1.82, 2.24) is 9.78 Å². The topological polar surface area (TPSA) is 17.8 Å². The smallest absolute Gasteiger partial charge is 0.0625 e. The minimum atomic E-state index is 1.13. The van der Waals surface area contributed by atoms with Gasteiger partial charge < -0.3 is 0 Å². The molecule has 1 rings (SSSR count). The van der Waals surface area contributed by atoms with E-state index in [1.807, 2.05) is 32.5 Å². The molecule has 1 aromatic rings. The third-order valence-electron chi connectivity index (χ3n) is 1.87. The molecule has 0 aliphatic rings. The Morgan fingerprint density at radius 3 is 1.64 bits per heavy atom. The van der Waals surface area contributed by atoms with E-state index < -0.39 is 0 Å². The van der Waals surface area contributed by atoms with Gasteiger partial charge in [0, 0.05) is 12.7 Å². The van der Waals surface area contributed by atoms with E-state index in [2.05, 4.69) is 18.9 Å². The summed E-state index contributed by atoms with van der Waals surface area (Å²) in [6, 6.07) is 0. The molecule has 0 aromatic carbocycles. The molecule has 0 aliphatic carbocycles. The highest BCUT2D eigenvalue weighted by atomic mass is 15.3. The van der Waals surface area contributed by atoms with Gasteiger partial charge in [-0.2, -0.15) is 5.10 Å². The van der Waals surface area contributed by atoms with E-state index in [1.165, 1.54) is 11.3 Å². The van der Waals surface area contributed by atoms with Crippen molar-refractivity contribution in [3.63, 3.8) is 0 Å². The normalized spacial score (nSPS) is 8.91. The Bertz CT molecular complexity index is 201. The summed E-state index contributed by atoms with van der Waals surface area (Å²) in [6.45, 7) is 10.2. The van der Waals surface area contributed by atoms with Crippen molar-refractivity contribution in [2.24, 2.45) is 7.05 Å². The molecule has 11 heavy (non-hydrogen) atoms. The maximum atomic E-state index is 4.23. The van der Waals surface area contributed by atoms with Crippen LogP contribution in [0.4, 0.5) is 0 Å². The number of aryl methyl sites for hydroxylation is 2. The SMILES string of the molecule is CC.Cc1nn(C)c(C)c1C. The van der Waals surface area contributed by atoms with Gasteiger partial charge >= 0.3 is 0 Å². The molecule has 2 nitrogen and oxygen atoms in total. The van der Waals surface area contributed by atoms with Crippen LogP contribution < -0.4 is 0 Å². The second-order valence-corrected chi connectivity index (χ2v) is 2.42. The van der Waals surface area contributed by atoms with Crippen molar-refractivity contribution in [3.05, 3.63) is 17.0 Å². The molecular formula is C9H18N2. The largest absolute Gasteiger partial charge is 0.272 e. The van der Waals surface area contributed by atoms with Crippen LogP contribution >= 0.6 is 0 Å². The molecule has 0 saturated carbocycles. The first-order valence-electron chi connectivity index (χ1n) is 4.09. The van der Waals surface area contributed by atoms with Crippen molar-refractivity contribution in [2.45, 2.75) is 34.6 Å². The highest BCUT2D eigenvalue weighted by molar-refractivity contribution is 5.21. The fourth-order valence-corrected chi connectivity index (χ4v) is 0.880. The second kappa shape index (κ2) is 4.16. The first-order chi connectivity index (χ1) is 5.13. The van der Waals surface area contributed by atoms with Gasteiger partial charge in [0.1, 0.15) is 0 Å². The monoisotopic (exact) mass is 154 g/mol. The van der Waals surface area contributed by atoms with Gasteiger partial charge in [0.2, 0.25) is 0 Å². The van der Waals surface area contributed by atoms with Crippen LogP contribution in [-0.4, -0.2) is 9.78 Å². The van der Waals surface area contributed by atoms with Crippen LogP contribution in [0.2, 0.25) is 0 Å². The lowest BCUT2D eigenvalue weighted by Crippen LogP contribution is -1.92. The molecule has 0 spiro atoms. The molecule has 0 bridgehead atoms. The summed E-state index contributed by atoms with van der Waals surface area (Å²) in [7, 11) is 1.97. The van der Waals surface area contributed by atoms with E-state index in [0.717, 1.165) is 5.69 Å². The van der Waals surface area contributed by atoms with Crippen LogP contribution in [-0.2, 0) is 7.05 Å². The van der Waals surface area contributed by atoms with Gasteiger partial charge in [-0.05, 0) is 26.3 Å². The highest BCUT2D eigenvalue weighted by Crippen LogP contribution is 2.08. The second-order valence-electron chi connectivity index (χ2n) is 2.42. The van der Waals surface area contributed by atoms with Gasteiger partial charge in [0.05, 0.1) is 5.69 Å². The Balaban J connectivity index is 0.000000461. The fraction of sp³-hybridized carbons (Fsp3) is 0.667. The van der Waals surface area contributed by atoms with Crippen molar-refractivity contribution < 1.29 is 0 Å². The van der Waals surface area contributed by atoms with Crippen LogP contribution in [0.3, 0.4) is 0 Å². The molecule has 0 fully saturated rings. The van der Waals surface area contributed by atoms with E-state index in [4.69, 9.17) is 0 Å². The van der Waals surface area contributed by atoms with Crippen LogP contribution in [0.25, 0.3) is 0 Å². The van der Waals surface area contributed by atoms with Gasteiger partial charge in [-0.15, -0.1) is 0 Å². The van der Waals surface area contributed by atoms with Gasteiger partial charge in [-0.25, -0.2) is 0 Å². The number of hydrogen-bond acceptors (Lipinski definition) is 1. The lowest BCUT2D eigenvalue weighted by atomic mass is 10.2. The van der Waals surface area contributed by atoms with E-state index in [1.54, 1.807) is 0 Å². The molecule has 0 saturated heterocycles. The third kappa shape index (κ3) is 2.07. The quantitative estimate of drug-likeness (QED) is 0.561. The molecule has 2 heteroatoms. The first kappa shape index (κ1) is 10.2. The number of aromatic nitrogens is 2. The summed E-state index contributed by atoms with van der Waals surface area (Å²) >= 11 is 0. The Hall–Kier alpha value is -0.790. The van der Waals surface area contributed by atoms with Gasteiger partial charge in [-0.3, -0.25) is 4.68 Å². The molecule has 0 amide bonds.